The van der Waals surface area contributed by atoms with Gasteiger partial charge in [0.1, 0.15) is 11.1 Å². The third-order valence-corrected chi connectivity index (χ3v) is 5.65. The first-order valence-corrected chi connectivity index (χ1v) is 10.9. The van der Waals surface area contributed by atoms with Gasteiger partial charge >= 0.3 is 0 Å². The number of thioether (sulfide) groups is 1. The molecule has 1 aromatic carbocycles. The zero-order chi connectivity index (χ0) is 23.5. The fraction of sp³-hybridized carbons (Fsp3) is 0.182. The van der Waals surface area contributed by atoms with Gasteiger partial charge in [0.05, 0.1) is 11.9 Å². The van der Waals surface area contributed by atoms with Gasteiger partial charge in [-0.25, -0.2) is 15.0 Å². The molecule has 33 heavy (non-hydrogen) atoms. The van der Waals surface area contributed by atoms with Gasteiger partial charge in [-0.2, -0.15) is 0 Å². The molecule has 11 heteroatoms. The summed E-state index contributed by atoms with van der Waals surface area (Å²) in [5, 5.41) is 0.726. The summed E-state index contributed by atoms with van der Waals surface area (Å²) in [5.41, 5.74) is 7.41. The molecular weight excluding hydrogens is 444 g/mol. The molecule has 10 nitrogen and oxygen atoms in total. The number of carbonyl (C=O) groups excluding carboxylic acids is 2. The number of rotatable bonds is 5. The highest BCUT2D eigenvalue weighted by Gasteiger charge is 2.22. The van der Waals surface area contributed by atoms with Crippen molar-refractivity contribution >= 4 is 34.7 Å². The first kappa shape index (κ1) is 22.2. The molecule has 0 aliphatic carbocycles. The first-order valence-electron chi connectivity index (χ1n) is 9.93. The zero-order valence-corrected chi connectivity index (χ0v) is 18.9. The van der Waals surface area contributed by atoms with Crippen molar-refractivity contribution < 1.29 is 14.0 Å². The van der Waals surface area contributed by atoms with Crippen LogP contribution in [0.1, 0.15) is 43.4 Å². The molecule has 0 aliphatic heterocycles. The van der Waals surface area contributed by atoms with Crippen LogP contribution in [-0.4, -0.2) is 31.8 Å². The number of carbonyl (C=O) groups is 2. The highest BCUT2D eigenvalue weighted by Crippen LogP contribution is 2.21. The predicted octanol–water partition coefficient (Wildman–Crippen LogP) is 2.60. The maximum atomic E-state index is 12.6. The average Bonchev–Trinajstić information content (AvgIpc) is 3.13. The Kier molecular flexibility index (Phi) is 6.22. The number of benzene rings is 1. The number of furan rings is 1. The Hall–Kier alpha value is -3.99. The quantitative estimate of drug-likeness (QED) is 0.232. The van der Waals surface area contributed by atoms with E-state index in [9.17, 15) is 14.4 Å². The number of hydrogen-bond acceptors (Lipinski definition) is 8. The van der Waals surface area contributed by atoms with E-state index >= 15 is 0 Å². The van der Waals surface area contributed by atoms with Crippen molar-refractivity contribution in [2.24, 2.45) is 0 Å². The van der Waals surface area contributed by atoms with Crippen LogP contribution in [0.5, 0.6) is 0 Å². The number of amides is 2. The smallest absolute Gasteiger partial charge is 0.274 e. The van der Waals surface area contributed by atoms with E-state index in [4.69, 9.17) is 4.42 Å². The lowest BCUT2D eigenvalue weighted by Crippen LogP contribution is -2.42. The summed E-state index contributed by atoms with van der Waals surface area (Å²) >= 11 is 1.51. The minimum Gasteiger partial charge on any atom is -0.442 e. The number of aryl methyl sites for hydroxylation is 3. The van der Waals surface area contributed by atoms with Crippen molar-refractivity contribution in [2.75, 3.05) is 0 Å². The minimum absolute atomic E-state index is 0.0145. The van der Waals surface area contributed by atoms with Gasteiger partial charge in [0.2, 0.25) is 5.71 Å². The average molecular weight is 465 g/mol. The van der Waals surface area contributed by atoms with Gasteiger partial charge in [-0.05, 0) is 44.5 Å². The summed E-state index contributed by atoms with van der Waals surface area (Å²) < 4.78 is 5.36. The number of nitrogens with one attached hydrogen (secondary N) is 3. The number of nitrogens with zero attached hydrogens (tertiary/aromatic N) is 3. The van der Waals surface area contributed by atoms with Gasteiger partial charge in [-0.15, -0.1) is 0 Å². The molecule has 0 atom stereocenters. The van der Waals surface area contributed by atoms with Crippen molar-refractivity contribution in [1.29, 1.82) is 0 Å². The number of aromatic nitrogens is 4. The molecule has 2 amide bonds. The molecule has 0 aliphatic rings. The van der Waals surface area contributed by atoms with Gasteiger partial charge in [-0.3, -0.25) is 25.2 Å². The molecule has 0 fully saturated rings. The maximum absolute atomic E-state index is 12.6. The standard InChI is InChI=1S/C22H20N6O4S/c1-11-8-12(2)26-22(25-11)33-9-14-4-6-15(7-5-14)18(29)27-28-20(31)16-13(3)32-21-17(16)19(30)23-10-24-21/h4-8,10H,9H2,1-3H3,(H,27,29)(H,28,31)(H,23,24,30). The molecule has 3 heterocycles. The second-order valence-corrected chi connectivity index (χ2v) is 8.21. The maximum Gasteiger partial charge on any atom is 0.274 e. The second-order valence-electron chi connectivity index (χ2n) is 7.27. The van der Waals surface area contributed by atoms with E-state index in [1.54, 1.807) is 12.1 Å². The fourth-order valence-electron chi connectivity index (χ4n) is 3.23. The van der Waals surface area contributed by atoms with E-state index in [0.29, 0.717) is 16.5 Å². The number of H-pyrrole nitrogens is 1. The normalized spacial score (nSPS) is 10.9. The lowest BCUT2D eigenvalue weighted by Gasteiger charge is -2.08. The van der Waals surface area contributed by atoms with Crippen molar-refractivity contribution in [3.63, 3.8) is 0 Å². The molecule has 0 radical (unpaired) electrons. The Balaban J connectivity index is 1.38. The summed E-state index contributed by atoms with van der Waals surface area (Å²) in [6, 6.07) is 8.89. The number of aromatic amines is 1. The third-order valence-electron chi connectivity index (χ3n) is 4.73. The molecule has 4 rings (SSSR count). The van der Waals surface area contributed by atoms with Crippen LogP contribution in [0.15, 0.2) is 51.0 Å². The fourth-order valence-corrected chi connectivity index (χ4v) is 4.14. The van der Waals surface area contributed by atoms with Gasteiger partial charge in [0.25, 0.3) is 17.4 Å². The Morgan fingerprint density at radius 2 is 1.70 bits per heavy atom. The third kappa shape index (κ3) is 4.93. The summed E-state index contributed by atoms with van der Waals surface area (Å²) in [6.07, 6.45) is 1.19. The van der Waals surface area contributed by atoms with E-state index in [0.717, 1.165) is 17.0 Å². The largest absolute Gasteiger partial charge is 0.442 e. The minimum atomic E-state index is -0.681. The molecule has 0 saturated heterocycles. The van der Waals surface area contributed by atoms with Crippen LogP contribution in [-0.2, 0) is 5.75 Å². The van der Waals surface area contributed by atoms with E-state index in [1.807, 2.05) is 32.0 Å². The summed E-state index contributed by atoms with van der Waals surface area (Å²) in [4.78, 5) is 52.2. The molecule has 0 bridgehead atoms. The molecule has 3 N–H and O–H groups in total. The molecule has 4 aromatic rings. The second kappa shape index (κ2) is 9.25. The molecule has 0 spiro atoms. The Morgan fingerprint density at radius 1 is 1.03 bits per heavy atom. The number of fused-ring (bicyclic) bond motifs is 1. The van der Waals surface area contributed by atoms with Crippen LogP contribution < -0.4 is 16.4 Å². The topological polar surface area (TPSA) is 143 Å². The summed E-state index contributed by atoms with van der Waals surface area (Å²) in [5.74, 6) is -0.315. The molecule has 0 unspecified atom stereocenters. The van der Waals surface area contributed by atoms with Crippen LogP contribution in [0.4, 0.5) is 0 Å². The zero-order valence-electron chi connectivity index (χ0n) is 18.1. The van der Waals surface area contributed by atoms with E-state index in [2.05, 4.69) is 30.8 Å². The van der Waals surface area contributed by atoms with Gasteiger partial charge in [0.15, 0.2) is 5.16 Å². The molecular formula is C22H20N6O4S. The molecule has 0 saturated carbocycles. The Morgan fingerprint density at radius 3 is 2.39 bits per heavy atom. The lowest BCUT2D eigenvalue weighted by molar-refractivity contribution is 0.0846. The number of hydrazine groups is 1. The van der Waals surface area contributed by atoms with Gasteiger partial charge < -0.3 is 9.40 Å². The summed E-state index contributed by atoms with van der Waals surface area (Å²) in [6.45, 7) is 5.39. The van der Waals surface area contributed by atoms with E-state index in [-0.39, 0.29) is 22.4 Å². The van der Waals surface area contributed by atoms with Crippen molar-refractivity contribution in [3.8, 4) is 0 Å². The highest BCUT2D eigenvalue weighted by molar-refractivity contribution is 7.98. The Labute approximate surface area is 192 Å². The van der Waals surface area contributed by atoms with Crippen molar-refractivity contribution in [1.82, 2.24) is 30.8 Å². The van der Waals surface area contributed by atoms with Gasteiger partial charge in [-0.1, -0.05) is 23.9 Å². The van der Waals surface area contributed by atoms with Crippen LogP contribution in [0.3, 0.4) is 0 Å². The SMILES string of the molecule is Cc1cc(C)nc(SCc2ccc(C(=O)NNC(=O)c3c(C)oc4nc[nH]c(=O)c34)cc2)n1. The first-order chi connectivity index (χ1) is 15.8. The predicted molar refractivity (Wildman–Crippen MR) is 122 cm³/mol. The van der Waals surface area contributed by atoms with Crippen LogP contribution in [0.2, 0.25) is 0 Å². The summed E-state index contributed by atoms with van der Waals surface area (Å²) in [7, 11) is 0. The van der Waals surface area contributed by atoms with Crippen LogP contribution in [0, 0.1) is 20.8 Å². The van der Waals surface area contributed by atoms with Crippen LogP contribution >= 0.6 is 11.8 Å². The number of hydrogen-bond donors (Lipinski definition) is 3. The van der Waals surface area contributed by atoms with Crippen molar-refractivity contribution in [2.45, 2.75) is 31.7 Å². The monoisotopic (exact) mass is 464 g/mol. The van der Waals surface area contributed by atoms with E-state index in [1.165, 1.54) is 25.0 Å². The lowest BCUT2D eigenvalue weighted by atomic mass is 10.1. The van der Waals surface area contributed by atoms with E-state index < -0.39 is 17.4 Å². The van der Waals surface area contributed by atoms with Crippen LogP contribution in [0.25, 0.3) is 11.1 Å². The Bertz CT molecular complexity index is 1390. The highest BCUT2D eigenvalue weighted by atomic mass is 32.2. The van der Waals surface area contributed by atoms with Gasteiger partial charge in [0, 0.05) is 22.7 Å². The molecule has 3 aromatic heterocycles. The van der Waals surface area contributed by atoms with Crippen molar-refractivity contribution in [3.05, 3.63) is 80.9 Å². The molecule has 168 valence electrons.